The van der Waals surface area contributed by atoms with E-state index in [2.05, 4.69) is 26.0 Å². The van der Waals surface area contributed by atoms with Crippen molar-refractivity contribution in [2.24, 2.45) is 28.6 Å². The summed E-state index contributed by atoms with van der Waals surface area (Å²) in [7, 11) is 0. The molecular weight excluding hydrogens is 316 g/mol. The lowest BCUT2D eigenvalue weighted by atomic mass is 9.48. The number of aliphatic hydroxyl groups is 1. The van der Waals surface area contributed by atoms with Crippen LogP contribution in [-0.4, -0.2) is 29.1 Å². The molecule has 0 spiro atoms. The Bertz CT molecular complexity index is 677. The van der Waals surface area contributed by atoms with Crippen LogP contribution in [0.3, 0.4) is 0 Å². The lowest BCUT2D eigenvalue weighted by molar-refractivity contribution is -0.156. The largest absolute Gasteiger partial charge is 0.458 e. The van der Waals surface area contributed by atoms with Crippen molar-refractivity contribution in [3.05, 3.63) is 23.8 Å². The number of carbonyl (C=O) groups excluding carboxylic acids is 2. The molecule has 4 aliphatic carbocycles. The molecule has 136 valence electrons. The molecule has 0 radical (unpaired) electrons. The van der Waals surface area contributed by atoms with E-state index in [-0.39, 0.29) is 40.7 Å². The van der Waals surface area contributed by atoms with Crippen molar-refractivity contribution in [2.75, 3.05) is 0 Å². The molecule has 2 fully saturated rings. The van der Waals surface area contributed by atoms with Gasteiger partial charge in [-0.15, -0.1) is 0 Å². The van der Waals surface area contributed by atoms with Crippen LogP contribution in [0.15, 0.2) is 23.8 Å². The zero-order valence-corrected chi connectivity index (χ0v) is 15.3. The number of hydrogen-bond acceptors (Lipinski definition) is 4. The van der Waals surface area contributed by atoms with Crippen LogP contribution in [0.4, 0.5) is 0 Å². The van der Waals surface area contributed by atoms with E-state index in [1.807, 2.05) is 0 Å². The van der Waals surface area contributed by atoms with E-state index < -0.39 is 0 Å². The third-order valence-electron chi connectivity index (χ3n) is 7.77. The topological polar surface area (TPSA) is 63.6 Å². The van der Waals surface area contributed by atoms with Gasteiger partial charge in [0.25, 0.3) is 0 Å². The zero-order valence-electron chi connectivity index (χ0n) is 15.3. The number of esters is 1. The Morgan fingerprint density at radius 2 is 2.00 bits per heavy atom. The number of fused-ring (bicyclic) bond motifs is 5. The first-order valence-electron chi connectivity index (χ1n) is 9.54. The fourth-order valence-corrected chi connectivity index (χ4v) is 6.35. The summed E-state index contributed by atoms with van der Waals surface area (Å²) in [4.78, 5) is 23.7. The molecule has 0 aliphatic heterocycles. The molecule has 0 aromatic heterocycles. The lowest BCUT2D eigenvalue weighted by Gasteiger charge is -2.57. The Kier molecular flexibility index (Phi) is 3.77. The molecule has 0 aromatic carbocycles. The monoisotopic (exact) mass is 344 g/mol. The van der Waals surface area contributed by atoms with E-state index in [9.17, 15) is 14.7 Å². The maximum absolute atomic E-state index is 12.0. The molecule has 0 saturated heterocycles. The molecule has 0 bridgehead atoms. The van der Waals surface area contributed by atoms with Crippen LogP contribution < -0.4 is 0 Å². The van der Waals surface area contributed by atoms with Crippen molar-refractivity contribution in [3.8, 4) is 0 Å². The number of hydrogen-bond donors (Lipinski definition) is 1. The number of ketones is 1. The summed E-state index contributed by atoms with van der Waals surface area (Å²) in [6.07, 6.45) is 9.57. The van der Waals surface area contributed by atoms with Gasteiger partial charge in [0.2, 0.25) is 0 Å². The predicted octanol–water partition coefficient (Wildman–Crippen LogP) is 3.20. The molecule has 2 saturated carbocycles. The van der Waals surface area contributed by atoms with Crippen molar-refractivity contribution < 1.29 is 19.4 Å². The summed E-state index contributed by atoms with van der Waals surface area (Å²) < 4.78 is 5.75. The Morgan fingerprint density at radius 3 is 2.72 bits per heavy atom. The minimum atomic E-state index is -0.278. The van der Waals surface area contributed by atoms with Crippen molar-refractivity contribution in [1.29, 1.82) is 0 Å². The van der Waals surface area contributed by atoms with Crippen LogP contribution in [0, 0.1) is 28.6 Å². The second-order valence-electron chi connectivity index (χ2n) is 8.95. The van der Waals surface area contributed by atoms with E-state index in [0.717, 1.165) is 31.3 Å². The predicted molar refractivity (Wildman–Crippen MR) is 93.6 cm³/mol. The highest BCUT2D eigenvalue weighted by atomic mass is 16.5. The summed E-state index contributed by atoms with van der Waals surface area (Å²) in [5.41, 5.74) is 0.884. The van der Waals surface area contributed by atoms with Gasteiger partial charge in [0.05, 0.1) is 6.10 Å². The second kappa shape index (κ2) is 5.54. The number of allylic oxidation sites excluding steroid dienone is 3. The fraction of sp³-hybridized carbons (Fsp3) is 0.714. The lowest BCUT2D eigenvalue weighted by Crippen LogP contribution is -2.55. The molecule has 4 rings (SSSR count). The zero-order chi connectivity index (χ0) is 18.0. The van der Waals surface area contributed by atoms with E-state index in [0.29, 0.717) is 18.3 Å². The third-order valence-corrected chi connectivity index (χ3v) is 7.77. The molecule has 0 aromatic rings. The molecule has 1 N–H and O–H groups in total. The minimum Gasteiger partial charge on any atom is -0.458 e. The van der Waals surface area contributed by atoms with E-state index >= 15 is 0 Å². The average molecular weight is 344 g/mol. The van der Waals surface area contributed by atoms with E-state index in [1.54, 1.807) is 6.08 Å². The summed E-state index contributed by atoms with van der Waals surface area (Å²) in [6.45, 7) is 5.90. The average Bonchev–Trinajstić information content (AvgIpc) is 2.84. The molecule has 4 aliphatic rings. The van der Waals surface area contributed by atoms with Gasteiger partial charge < -0.3 is 9.84 Å². The highest BCUT2D eigenvalue weighted by Crippen LogP contribution is 2.64. The Morgan fingerprint density at radius 1 is 1.24 bits per heavy atom. The van der Waals surface area contributed by atoms with Crippen molar-refractivity contribution in [1.82, 2.24) is 0 Å². The van der Waals surface area contributed by atoms with Gasteiger partial charge in [0, 0.05) is 24.7 Å². The molecule has 0 heterocycles. The number of rotatable bonds is 1. The quantitative estimate of drug-likeness (QED) is 0.586. The molecule has 4 nitrogen and oxygen atoms in total. The van der Waals surface area contributed by atoms with Gasteiger partial charge in [-0.3, -0.25) is 9.59 Å². The standard InChI is InChI=1S/C21H28O4/c1-12(22)25-17-11-13-10-14(23)6-8-20(13,2)16-7-9-21(3)15(19(16)17)4-5-18(21)24/h6,8,11,15-19,24H,4-5,7,9-10H2,1-3H3/t15-,16+,17?,18?,19-,20-,21-/m0/s1. The van der Waals surface area contributed by atoms with Gasteiger partial charge in [-0.1, -0.05) is 25.5 Å². The molecular formula is C21H28O4. The van der Waals surface area contributed by atoms with Crippen LogP contribution in [0.25, 0.3) is 0 Å². The highest BCUT2D eigenvalue weighted by molar-refractivity contribution is 5.93. The van der Waals surface area contributed by atoms with Crippen molar-refractivity contribution in [3.63, 3.8) is 0 Å². The molecule has 25 heavy (non-hydrogen) atoms. The first-order chi connectivity index (χ1) is 11.8. The van der Waals surface area contributed by atoms with E-state index in [1.165, 1.54) is 6.92 Å². The molecule has 4 heteroatoms. The van der Waals surface area contributed by atoms with Gasteiger partial charge in [0.15, 0.2) is 5.78 Å². The Hall–Kier alpha value is -1.42. The molecule has 2 unspecified atom stereocenters. The SMILES string of the molecule is CC(=O)OC1C=C2CC(=O)C=C[C@]2(C)[C@@H]2CC[C@]3(C)C(O)CC[C@H]3[C@H]12. The van der Waals surface area contributed by atoms with Crippen molar-refractivity contribution in [2.45, 2.75) is 65.1 Å². The third kappa shape index (κ3) is 2.37. The summed E-state index contributed by atoms with van der Waals surface area (Å²) in [5, 5.41) is 10.6. The Balaban J connectivity index is 1.80. The number of carbonyl (C=O) groups is 2. The summed E-state index contributed by atoms with van der Waals surface area (Å²) >= 11 is 0. The minimum absolute atomic E-state index is 0.0878. The second-order valence-corrected chi connectivity index (χ2v) is 8.95. The summed E-state index contributed by atoms with van der Waals surface area (Å²) in [5.74, 6) is 0.774. The fourth-order valence-electron chi connectivity index (χ4n) is 6.35. The maximum Gasteiger partial charge on any atom is 0.303 e. The van der Waals surface area contributed by atoms with Gasteiger partial charge in [0.1, 0.15) is 6.10 Å². The van der Waals surface area contributed by atoms with Gasteiger partial charge >= 0.3 is 5.97 Å². The highest BCUT2D eigenvalue weighted by Gasteiger charge is 2.60. The summed E-state index contributed by atoms with van der Waals surface area (Å²) in [6, 6.07) is 0. The van der Waals surface area contributed by atoms with Crippen LogP contribution >= 0.6 is 0 Å². The van der Waals surface area contributed by atoms with Crippen LogP contribution in [0.5, 0.6) is 0 Å². The van der Waals surface area contributed by atoms with Crippen molar-refractivity contribution >= 4 is 11.8 Å². The first kappa shape index (κ1) is 17.0. The smallest absolute Gasteiger partial charge is 0.303 e. The van der Waals surface area contributed by atoms with Crippen LogP contribution in [0.1, 0.15) is 52.9 Å². The number of aliphatic hydroxyl groups excluding tert-OH is 1. The Labute approximate surface area is 149 Å². The van der Waals surface area contributed by atoms with Gasteiger partial charge in [-0.25, -0.2) is 0 Å². The van der Waals surface area contributed by atoms with Gasteiger partial charge in [-0.05, 0) is 55.1 Å². The van der Waals surface area contributed by atoms with Crippen LogP contribution in [0.2, 0.25) is 0 Å². The molecule has 7 atom stereocenters. The normalized spacial score (nSPS) is 48.2. The first-order valence-corrected chi connectivity index (χ1v) is 9.54. The van der Waals surface area contributed by atoms with Gasteiger partial charge in [-0.2, -0.15) is 0 Å². The number of ether oxygens (including phenoxy) is 1. The van der Waals surface area contributed by atoms with Crippen LogP contribution in [-0.2, 0) is 14.3 Å². The molecule has 0 amide bonds. The maximum atomic E-state index is 12.0. The van der Waals surface area contributed by atoms with E-state index in [4.69, 9.17) is 4.74 Å².